The van der Waals surface area contributed by atoms with Gasteiger partial charge in [-0.15, -0.1) is 0 Å². The van der Waals surface area contributed by atoms with E-state index in [1.54, 1.807) is 30.3 Å². The van der Waals surface area contributed by atoms with Crippen molar-refractivity contribution < 1.29 is 19.5 Å². The molecule has 0 aliphatic carbocycles. The standard InChI is InChI=1S/C15H15NO5/c1-20-13-6-7-15(14(10-13)16(18)19)21-12-4-2-11(3-5-12)8-9-17/h2-7,10,17H,8-9H2,1H3. The highest BCUT2D eigenvalue weighted by Crippen LogP contribution is 2.34. The van der Waals surface area contributed by atoms with E-state index in [0.717, 1.165) is 5.56 Å². The molecule has 0 bridgehead atoms. The molecule has 0 aliphatic heterocycles. The van der Waals surface area contributed by atoms with Crippen molar-refractivity contribution in [3.8, 4) is 17.2 Å². The summed E-state index contributed by atoms with van der Waals surface area (Å²) in [6.45, 7) is 0.0736. The minimum atomic E-state index is -0.516. The maximum Gasteiger partial charge on any atom is 0.315 e. The number of rotatable bonds is 6. The van der Waals surface area contributed by atoms with E-state index in [1.807, 2.05) is 0 Å². The second kappa shape index (κ2) is 6.71. The summed E-state index contributed by atoms with van der Waals surface area (Å²) in [5.41, 5.74) is 0.808. The maximum absolute atomic E-state index is 11.1. The fourth-order valence-corrected chi connectivity index (χ4v) is 1.83. The second-order valence-corrected chi connectivity index (χ2v) is 4.31. The van der Waals surface area contributed by atoms with Crippen molar-refractivity contribution in [2.45, 2.75) is 6.42 Å². The number of methoxy groups -OCH3 is 1. The van der Waals surface area contributed by atoms with Crippen LogP contribution in [0.3, 0.4) is 0 Å². The van der Waals surface area contributed by atoms with Gasteiger partial charge in [-0.3, -0.25) is 10.1 Å². The van der Waals surface area contributed by atoms with Crippen LogP contribution >= 0.6 is 0 Å². The molecule has 2 rings (SSSR count). The lowest BCUT2D eigenvalue weighted by Crippen LogP contribution is -1.95. The average Bonchev–Trinajstić information content (AvgIpc) is 2.49. The number of hydrogen-bond donors (Lipinski definition) is 1. The molecule has 0 saturated carbocycles. The summed E-state index contributed by atoms with van der Waals surface area (Å²) >= 11 is 0. The zero-order valence-electron chi connectivity index (χ0n) is 11.5. The van der Waals surface area contributed by atoms with Crippen LogP contribution in [0.2, 0.25) is 0 Å². The van der Waals surface area contributed by atoms with Gasteiger partial charge in [0.15, 0.2) is 0 Å². The number of ether oxygens (including phenoxy) is 2. The molecule has 0 saturated heterocycles. The molecule has 110 valence electrons. The first-order valence-corrected chi connectivity index (χ1v) is 6.34. The molecule has 0 fully saturated rings. The van der Waals surface area contributed by atoms with Crippen LogP contribution in [-0.2, 0) is 6.42 Å². The van der Waals surface area contributed by atoms with Crippen LogP contribution in [0.15, 0.2) is 42.5 Å². The highest BCUT2D eigenvalue weighted by atomic mass is 16.6. The Kier molecular flexibility index (Phi) is 4.73. The van der Waals surface area contributed by atoms with Gasteiger partial charge in [-0.05, 0) is 36.2 Å². The van der Waals surface area contributed by atoms with Crippen molar-refractivity contribution in [3.05, 3.63) is 58.1 Å². The van der Waals surface area contributed by atoms with E-state index >= 15 is 0 Å². The van der Waals surface area contributed by atoms with Gasteiger partial charge in [0, 0.05) is 6.61 Å². The summed E-state index contributed by atoms with van der Waals surface area (Å²) in [6, 6.07) is 11.4. The quantitative estimate of drug-likeness (QED) is 0.653. The molecular formula is C15H15NO5. The van der Waals surface area contributed by atoms with Crippen LogP contribution in [-0.4, -0.2) is 23.7 Å². The van der Waals surface area contributed by atoms with Gasteiger partial charge < -0.3 is 14.6 Å². The molecule has 6 nitrogen and oxygen atoms in total. The van der Waals surface area contributed by atoms with Crippen LogP contribution in [0, 0.1) is 10.1 Å². The van der Waals surface area contributed by atoms with Crippen LogP contribution in [0.5, 0.6) is 17.2 Å². The molecule has 0 atom stereocenters. The first-order chi connectivity index (χ1) is 10.1. The van der Waals surface area contributed by atoms with Gasteiger partial charge in [0.2, 0.25) is 5.75 Å². The SMILES string of the molecule is COc1ccc(Oc2ccc(CCO)cc2)c([N+](=O)[O-])c1. The Bertz CT molecular complexity index is 624. The molecule has 6 heteroatoms. The summed E-state index contributed by atoms with van der Waals surface area (Å²) in [5, 5.41) is 19.9. The Morgan fingerprint density at radius 2 is 1.81 bits per heavy atom. The molecular weight excluding hydrogens is 274 g/mol. The molecule has 0 amide bonds. The zero-order chi connectivity index (χ0) is 15.2. The van der Waals surface area contributed by atoms with E-state index in [2.05, 4.69) is 0 Å². The first kappa shape index (κ1) is 14.8. The number of aliphatic hydroxyl groups is 1. The molecule has 0 aromatic heterocycles. The first-order valence-electron chi connectivity index (χ1n) is 6.34. The predicted octanol–water partition coefficient (Wildman–Crippen LogP) is 2.93. The van der Waals surface area contributed by atoms with Gasteiger partial charge in [0.1, 0.15) is 11.5 Å². The van der Waals surface area contributed by atoms with E-state index in [1.165, 1.54) is 19.2 Å². The topological polar surface area (TPSA) is 81.8 Å². The smallest absolute Gasteiger partial charge is 0.315 e. The summed E-state index contributed by atoms with van der Waals surface area (Å²) in [5.74, 6) is 1.04. The van der Waals surface area contributed by atoms with Gasteiger partial charge in [-0.1, -0.05) is 12.1 Å². The number of nitrogens with zero attached hydrogens (tertiary/aromatic N) is 1. The summed E-state index contributed by atoms with van der Waals surface area (Å²) < 4.78 is 10.5. The zero-order valence-corrected chi connectivity index (χ0v) is 11.5. The minimum absolute atomic E-state index is 0.0736. The fourth-order valence-electron chi connectivity index (χ4n) is 1.83. The lowest BCUT2D eigenvalue weighted by atomic mass is 10.1. The highest BCUT2D eigenvalue weighted by Gasteiger charge is 2.17. The second-order valence-electron chi connectivity index (χ2n) is 4.31. The van der Waals surface area contributed by atoms with Gasteiger partial charge in [-0.2, -0.15) is 0 Å². The lowest BCUT2D eigenvalue weighted by molar-refractivity contribution is -0.385. The molecule has 0 aliphatic rings. The molecule has 2 aromatic carbocycles. The summed E-state index contributed by atoms with van der Waals surface area (Å²) in [6.07, 6.45) is 0.558. The van der Waals surface area contributed by atoms with Crippen LogP contribution in [0.1, 0.15) is 5.56 Å². The molecule has 1 N–H and O–H groups in total. The van der Waals surface area contributed by atoms with Gasteiger partial charge in [0.05, 0.1) is 18.1 Å². The van der Waals surface area contributed by atoms with Crippen molar-refractivity contribution >= 4 is 5.69 Å². The molecule has 0 unspecified atom stereocenters. The van der Waals surface area contributed by atoms with Gasteiger partial charge in [0.25, 0.3) is 0 Å². The van der Waals surface area contributed by atoms with E-state index in [4.69, 9.17) is 14.6 Å². The third-order valence-corrected chi connectivity index (χ3v) is 2.91. The lowest BCUT2D eigenvalue weighted by Gasteiger charge is -2.08. The van der Waals surface area contributed by atoms with E-state index in [9.17, 15) is 10.1 Å². The Labute approximate surface area is 121 Å². The van der Waals surface area contributed by atoms with Crippen LogP contribution in [0.4, 0.5) is 5.69 Å². The van der Waals surface area contributed by atoms with Crippen molar-refractivity contribution in [2.75, 3.05) is 13.7 Å². The van der Waals surface area contributed by atoms with Crippen LogP contribution < -0.4 is 9.47 Å². The van der Waals surface area contributed by atoms with Gasteiger partial charge >= 0.3 is 5.69 Å². The fraction of sp³-hybridized carbons (Fsp3) is 0.200. The van der Waals surface area contributed by atoms with Crippen molar-refractivity contribution in [3.63, 3.8) is 0 Å². The number of aliphatic hydroxyl groups excluding tert-OH is 1. The Hall–Kier alpha value is -2.60. The third kappa shape index (κ3) is 3.70. The number of nitro benzene ring substituents is 1. The van der Waals surface area contributed by atoms with Crippen molar-refractivity contribution in [2.24, 2.45) is 0 Å². The van der Waals surface area contributed by atoms with E-state index in [-0.39, 0.29) is 18.0 Å². The van der Waals surface area contributed by atoms with Crippen molar-refractivity contribution in [1.82, 2.24) is 0 Å². The Morgan fingerprint density at radius 3 is 2.38 bits per heavy atom. The summed E-state index contributed by atoms with van der Waals surface area (Å²) in [7, 11) is 1.44. The average molecular weight is 289 g/mol. The monoisotopic (exact) mass is 289 g/mol. The minimum Gasteiger partial charge on any atom is -0.496 e. The summed E-state index contributed by atoms with van der Waals surface area (Å²) in [4.78, 5) is 10.5. The van der Waals surface area contributed by atoms with Crippen LogP contribution in [0.25, 0.3) is 0 Å². The maximum atomic E-state index is 11.1. The molecule has 21 heavy (non-hydrogen) atoms. The Morgan fingerprint density at radius 1 is 1.14 bits per heavy atom. The Balaban J connectivity index is 2.24. The number of hydrogen-bond acceptors (Lipinski definition) is 5. The largest absolute Gasteiger partial charge is 0.496 e. The highest BCUT2D eigenvalue weighted by molar-refractivity contribution is 5.52. The predicted molar refractivity (Wildman–Crippen MR) is 77.0 cm³/mol. The van der Waals surface area contributed by atoms with Crippen molar-refractivity contribution in [1.29, 1.82) is 0 Å². The third-order valence-electron chi connectivity index (χ3n) is 2.91. The number of benzene rings is 2. The molecule has 2 aromatic rings. The molecule has 0 spiro atoms. The number of nitro groups is 1. The molecule has 0 radical (unpaired) electrons. The molecule has 0 heterocycles. The van der Waals surface area contributed by atoms with E-state index < -0.39 is 4.92 Å². The van der Waals surface area contributed by atoms with E-state index in [0.29, 0.717) is 17.9 Å². The van der Waals surface area contributed by atoms with Gasteiger partial charge in [-0.25, -0.2) is 0 Å². The normalized spacial score (nSPS) is 10.2.